The van der Waals surface area contributed by atoms with Crippen LogP contribution in [0.1, 0.15) is 27.3 Å². The van der Waals surface area contributed by atoms with Gasteiger partial charge in [-0.1, -0.05) is 42.5 Å². The van der Waals surface area contributed by atoms with Gasteiger partial charge in [0, 0.05) is 12.0 Å². The lowest BCUT2D eigenvalue weighted by atomic mass is 10.1. The number of carbonyl (C=O) groups excluding carboxylic acids is 1. The average molecular weight is 319 g/mol. The first-order chi connectivity index (χ1) is 11.7. The van der Waals surface area contributed by atoms with Crippen molar-refractivity contribution in [2.45, 2.75) is 6.42 Å². The van der Waals surface area contributed by atoms with Gasteiger partial charge in [-0.25, -0.2) is 9.97 Å². The van der Waals surface area contributed by atoms with Crippen LogP contribution < -0.4 is 10.5 Å². The van der Waals surface area contributed by atoms with Crippen molar-refractivity contribution in [3.05, 3.63) is 83.3 Å². The molecule has 3 aromatic rings. The maximum absolute atomic E-state index is 12.6. The number of benzene rings is 2. The molecule has 120 valence electrons. The molecule has 0 bridgehead atoms. The highest BCUT2D eigenvalue weighted by molar-refractivity contribution is 6.10. The lowest BCUT2D eigenvalue weighted by molar-refractivity contribution is 0.103. The Labute approximate surface area is 140 Å². The first-order valence-corrected chi connectivity index (χ1v) is 7.51. The zero-order valence-corrected chi connectivity index (χ0v) is 13.3. The highest BCUT2D eigenvalue weighted by Crippen LogP contribution is 2.17. The molecule has 0 spiro atoms. The van der Waals surface area contributed by atoms with Gasteiger partial charge in [0.15, 0.2) is 11.5 Å². The van der Waals surface area contributed by atoms with E-state index in [9.17, 15) is 4.79 Å². The van der Waals surface area contributed by atoms with Crippen LogP contribution in [0.5, 0.6) is 5.75 Å². The summed E-state index contributed by atoms with van der Waals surface area (Å²) in [6, 6.07) is 16.6. The number of nitrogen functional groups attached to an aromatic ring is 1. The summed E-state index contributed by atoms with van der Waals surface area (Å²) in [6.07, 6.45) is 2.16. The molecular weight excluding hydrogens is 302 g/mol. The fraction of sp³-hybridized carbons (Fsp3) is 0.105. The van der Waals surface area contributed by atoms with Crippen molar-refractivity contribution in [1.29, 1.82) is 0 Å². The number of methoxy groups -OCH3 is 1. The van der Waals surface area contributed by atoms with Crippen molar-refractivity contribution in [2.24, 2.45) is 0 Å². The molecule has 0 aliphatic carbocycles. The Hall–Kier alpha value is -3.21. The van der Waals surface area contributed by atoms with E-state index in [2.05, 4.69) is 9.97 Å². The molecule has 0 saturated heterocycles. The Morgan fingerprint density at radius 2 is 1.79 bits per heavy atom. The van der Waals surface area contributed by atoms with Crippen LogP contribution in [-0.4, -0.2) is 22.9 Å². The van der Waals surface area contributed by atoms with Gasteiger partial charge in [0.05, 0.1) is 19.0 Å². The molecule has 0 aliphatic heterocycles. The number of nitrogens with zero attached hydrogens (tertiary/aromatic N) is 2. The topological polar surface area (TPSA) is 78.1 Å². The molecule has 0 unspecified atom stereocenters. The largest absolute Gasteiger partial charge is 0.497 e. The van der Waals surface area contributed by atoms with E-state index in [1.165, 1.54) is 0 Å². The first-order valence-electron chi connectivity index (χ1n) is 7.51. The Morgan fingerprint density at radius 3 is 2.46 bits per heavy atom. The smallest absolute Gasteiger partial charge is 0.215 e. The molecule has 1 heterocycles. The lowest BCUT2D eigenvalue weighted by Gasteiger charge is -2.07. The molecule has 0 amide bonds. The molecule has 5 heteroatoms. The van der Waals surface area contributed by atoms with Crippen molar-refractivity contribution in [3.8, 4) is 5.75 Å². The van der Waals surface area contributed by atoms with Crippen LogP contribution in [0.3, 0.4) is 0 Å². The van der Waals surface area contributed by atoms with Gasteiger partial charge in [-0.3, -0.25) is 4.79 Å². The van der Waals surface area contributed by atoms with Gasteiger partial charge in [-0.05, 0) is 17.7 Å². The Balaban J connectivity index is 1.87. The lowest BCUT2D eigenvalue weighted by Crippen LogP contribution is -2.11. The normalized spacial score (nSPS) is 10.4. The van der Waals surface area contributed by atoms with Gasteiger partial charge in [0.1, 0.15) is 5.75 Å². The van der Waals surface area contributed by atoms with Crippen molar-refractivity contribution in [1.82, 2.24) is 9.97 Å². The molecule has 0 atom stereocenters. The summed E-state index contributed by atoms with van der Waals surface area (Å²) in [7, 11) is 1.63. The van der Waals surface area contributed by atoms with E-state index in [-0.39, 0.29) is 17.3 Å². The Morgan fingerprint density at radius 1 is 1.08 bits per heavy atom. The van der Waals surface area contributed by atoms with Gasteiger partial charge < -0.3 is 10.5 Å². The summed E-state index contributed by atoms with van der Waals surface area (Å²) in [5.74, 6) is 0.710. The third kappa shape index (κ3) is 3.41. The van der Waals surface area contributed by atoms with Crippen LogP contribution in [0.4, 0.5) is 5.82 Å². The standard InChI is InChI=1S/C19H17N3O2/c1-24-16-9-7-13(8-10-16)11-15-12-21-19(20)17(22-15)18(23)14-5-3-2-4-6-14/h2-10,12H,11H2,1H3,(H2,20,21). The minimum atomic E-state index is -0.225. The average Bonchev–Trinajstić information content (AvgIpc) is 2.64. The molecule has 0 fully saturated rings. The van der Waals surface area contributed by atoms with E-state index in [0.29, 0.717) is 17.7 Å². The quantitative estimate of drug-likeness (QED) is 0.732. The highest BCUT2D eigenvalue weighted by Gasteiger charge is 2.16. The van der Waals surface area contributed by atoms with Crippen LogP contribution in [0, 0.1) is 0 Å². The number of ketones is 1. The molecule has 2 N–H and O–H groups in total. The monoisotopic (exact) mass is 319 g/mol. The molecule has 0 radical (unpaired) electrons. The van der Waals surface area contributed by atoms with Crippen molar-refractivity contribution < 1.29 is 9.53 Å². The molecule has 5 nitrogen and oxygen atoms in total. The summed E-state index contributed by atoms with van der Waals surface area (Å²) in [5.41, 5.74) is 8.31. The van der Waals surface area contributed by atoms with Gasteiger partial charge in [-0.2, -0.15) is 0 Å². The molecule has 0 saturated carbocycles. The number of ether oxygens (including phenoxy) is 1. The van der Waals surface area contributed by atoms with E-state index in [1.807, 2.05) is 30.3 Å². The fourth-order valence-corrected chi connectivity index (χ4v) is 2.37. The third-order valence-electron chi connectivity index (χ3n) is 3.65. The minimum absolute atomic E-state index is 0.141. The number of aromatic nitrogens is 2. The van der Waals surface area contributed by atoms with Gasteiger partial charge in [0.25, 0.3) is 0 Å². The zero-order valence-electron chi connectivity index (χ0n) is 13.3. The summed E-state index contributed by atoms with van der Waals surface area (Å²) in [5, 5.41) is 0. The Kier molecular flexibility index (Phi) is 4.52. The third-order valence-corrected chi connectivity index (χ3v) is 3.65. The summed E-state index contributed by atoms with van der Waals surface area (Å²) < 4.78 is 5.15. The molecule has 2 aromatic carbocycles. The number of carbonyl (C=O) groups is 1. The van der Waals surface area contributed by atoms with Crippen LogP contribution in [0.2, 0.25) is 0 Å². The zero-order chi connectivity index (χ0) is 16.9. The summed E-state index contributed by atoms with van der Waals surface area (Å²) >= 11 is 0. The van der Waals surface area contributed by atoms with Gasteiger partial charge in [0.2, 0.25) is 5.78 Å². The number of anilines is 1. The maximum Gasteiger partial charge on any atom is 0.215 e. The SMILES string of the molecule is COc1ccc(Cc2cnc(N)c(C(=O)c3ccccc3)n2)cc1. The number of rotatable bonds is 5. The highest BCUT2D eigenvalue weighted by atomic mass is 16.5. The second kappa shape index (κ2) is 6.91. The first kappa shape index (κ1) is 15.7. The predicted molar refractivity (Wildman–Crippen MR) is 92.1 cm³/mol. The molecular formula is C19H17N3O2. The van der Waals surface area contributed by atoms with E-state index in [1.54, 1.807) is 37.6 Å². The Bertz CT molecular complexity index is 846. The van der Waals surface area contributed by atoms with Crippen LogP contribution in [-0.2, 0) is 6.42 Å². The molecule has 0 aliphatic rings. The summed E-state index contributed by atoms with van der Waals surface area (Å²) in [6.45, 7) is 0. The summed E-state index contributed by atoms with van der Waals surface area (Å²) in [4.78, 5) is 21.1. The second-order valence-corrected chi connectivity index (χ2v) is 5.32. The van der Waals surface area contributed by atoms with E-state index < -0.39 is 0 Å². The van der Waals surface area contributed by atoms with Crippen LogP contribution in [0.25, 0.3) is 0 Å². The van der Waals surface area contributed by atoms with Gasteiger partial charge >= 0.3 is 0 Å². The maximum atomic E-state index is 12.6. The van der Waals surface area contributed by atoms with E-state index >= 15 is 0 Å². The molecule has 1 aromatic heterocycles. The van der Waals surface area contributed by atoms with Crippen molar-refractivity contribution in [3.63, 3.8) is 0 Å². The van der Waals surface area contributed by atoms with E-state index in [4.69, 9.17) is 10.5 Å². The molecule has 24 heavy (non-hydrogen) atoms. The number of nitrogens with two attached hydrogens (primary N) is 1. The fourth-order valence-electron chi connectivity index (χ4n) is 2.37. The van der Waals surface area contributed by atoms with Crippen molar-refractivity contribution >= 4 is 11.6 Å². The molecule has 3 rings (SSSR count). The minimum Gasteiger partial charge on any atom is -0.497 e. The number of hydrogen-bond acceptors (Lipinski definition) is 5. The van der Waals surface area contributed by atoms with Crippen LogP contribution >= 0.6 is 0 Å². The van der Waals surface area contributed by atoms with Gasteiger partial charge in [-0.15, -0.1) is 0 Å². The predicted octanol–water partition coefficient (Wildman–Crippen LogP) is 2.89. The van der Waals surface area contributed by atoms with Crippen LogP contribution in [0.15, 0.2) is 60.8 Å². The van der Waals surface area contributed by atoms with Crippen molar-refractivity contribution in [2.75, 3.05) is 12.8 Å². The number of hydrogen-bond donors (Lipinski definition) is 1. The second-order valence-electron chi connectivity index (χ2n) is 5.32. The van der Waals surface area contributed by atoms with E-state index in [0.717, 1.165) is 11.3 Å².